The number of nitrogens with one attached hydrogen (secondary N) is 1. The first-order valence-electron chi connectivity index (χ1n) is 25.0. The van der Waals surface area contributed by atoms with E-state index in [0.717, 1.165) is 0 Å². The van der Waals surface area contributed by atoms with Gasteiger partial charge in [-0.3, -0.25) is 9.78 Å². The second-order valence-corrected chi connectivity index (χ2v) is 28.3. The highest BCUT2D eigenvalue weighted by Crippen LogP contribution is 2.67. The number of halogens is 1. The van der Waals surface area contributed by atoms with Gasteiger partial charge >= 0.3 is 24.0 Å². The van der Waals surface area contributed by atoms with Crippen molar-refractivity contribution < 1.29 is 66.3 Å². The Morgan fingerprint density at radius 2 is 1.62 bits per heavy atom. The zero-order valence-electron chi connectivity index (χ0n) is 43.8. The molecule has 390 valence electrons. The van der Waals surface area contributed by atoms with Gasteiger partial charge in [-0.15, -0.1) is 0 Å². The first kappa shape index (κ1) is 54.3. The number of amides is 1. The van der Waals surface area contributed by atoms with E-state index in [2.05, 4.69) is 16.9 Å². The molecule has 0 radical (unpaired) electrons. The van der Waals surface area contributed by atoms with Gasteiger partial charge in [-0.05, 0) is 98.6 Å². The van der Waals surface area contributed by atoms with Crippen molar-refractivity contribution in [3.8, 4) is 0 Å². The molecule has 4 fully saturated rings. The molecule has 71 heavy (non-hydrogen) atoms. The SMILES string of the molecule is C=C[C@@H]1O[C@@H]2C3=C(C)[C@@H](OC(=O)[C@H](O[Si](C(C)C)(C(C)C)C(C)C)[C@@H](NC(=O)OC(C)(C)C)c4ncccc4F)C[C@@](O)([C@@H](OC(=O)c4ccccc4)[C@H]4[C@@](C)(CC[C@H]5OC[C@]54OC(C)=O)[C@@H]2O1)C3(C)C. The molecule has 3 heterocycles. The fourth-order valence-electron chi connectivity index (χ4n) is 13.2. The van der Waals surface area contributed by atoms with Crippen molar-refractivity contribution >= 4 is 32.3 Å². The predicted octanol–water partition coefficient (Wildman–Crippen LogP) is 9.39. The lowest BCUT2D eigenvalue weighted by Gasteiger charge is -2.68. The Kier molecular flexibility index (Phi) is 15.1. The average molecular weight is 1010 g/mol. The van der Waals surface area contributed by atoms with Crippen molar-refractivity contribution in [2.24, 2.45) is 16.7 Å². The van der Waals surface area contributed by atoms with E-state index in [9.17, 15) is 19.5 Å². The van der Waals surface area contributed by atoms with Crippen molar-refractivity contribution in [2.75, 3.05) is 6.61 Å². The largest absolute Gasteiger partial charge is 0.456 e. The minimum absolute atomic E-state index is 0.0565. The summed E-state index contributed by atoms with van der Waals surface area (Å²) in [5, 5.41) is 16.9. The number of carbonyl (C=O) groups excluding carboxylic acids is 4. The van der Waals surface area contributed by atoms with Crippen molar-refractivity contribution in [1.29, 1.82) is 0 Å². The highest BCUT2D eigenvalue weighted by atomic mass is 28.4. The van der Waals surface area contributed by atoms with Gasteiger partial charge in [0.2, 0.25) is 8.32 Å². The van der Waals surface area contributed by atoms with Crippen LogP contribution >= 0.6 is 0 Å². The van der Waals surface area contributed by atoms with Gasteiger partial charge < -0.3 is 48.0 Å². The Labute approximate surface area is 419 Å². The molecule has 7 rings (SSSR count). The molecule has 3 aliphatic carbocycles. The van der Waals surface area contributed by atoms with E-state index in [1.165, 1.54) is 31.3 Å². The van der Waals surface area contributed by atoms with Gasteiger partial charge in [0.15, 0.2) is 18.0 Å². The van der Waals surface area contributed by atoms with Crippen LogP contribution in [0.15, 0.2) is 72.5 Å². The van der Waals surface area contributed by atoms with Gasteiger partial charge in [0.1, 0.15) is 53.2 Å². The molecule has 2 saturated heterocycles. The lowest BCUT2D eigenvalue weighted by atomic mass is 9.45. The summed E-state index contributed by atoms with van der Waals surface area (Å²) >= 11 is 0. The molecular formula is C54H75FN2O13Si. The van der Waals surface area contributed by atoms with Crippen LogP contribution in [0.4, 0.5) is 9.18 Å². The lowest BCUT2D eigenvalue weighted by molar-refractivity contribution is -0.345. The molecule has 17 heteroatoms. The maximum absolute atomic E-state index is 16.2. The predicted molar refractivity (Wildman–Crippen MR) is 263 cm³/mol. The molecule has 5 aliphatic rings. The first-order chi connectivity index (χ1) is 33.1. The van der Waals surface area contributed by atoms with Crippen LogP contribution in [0.1, 0.15) is 138 Å². The van der Waals surface area contributed by atoms with Gasteiger partial charge in [-0.25, -0.2) is 18.8 Å². The van der Waals surface area contributed by atoms with Crippen molar-refractivity contribution in [3.05, 3.63) is 89.5 Å². The molecule has 12 atom stereocenters. The van der Waals surface area contributed by atoms with E-state index in [4.69, 9.17) is 37.6 Å². The van der Waals surface area contributed by atoms with E-state index in [-0.39, 0.29) is 40.9 Å². The topological polar surface area (TPSA) is 187 Å². The molecule has 2 aliphatic heterocycles. The molecular weight excluding hydrogens is 932 g/mol. The van der Waals surface area contributed by atoms with E-state index in [0.29, 0.717) is 24.0 Å². The zero-order chi connectivity index (χ0) is 52.4. The number of hydrogen-bond acceptors (Lipinski definition) is 14. The minimum Gasteiger partial charge on any atom is -0.456 e. The third-order valence-corrected chi connectivity index (χ3v) is 22.4. The van der Waals surface area contributed by atoms with E-state index >= 15 is 9.18 Å². The van der Waals surface area contributed by atoms with E-state index in [1.54, 1.807) is 58.0 Å². The van der Waals surface area contributed by atoms with Crippen LogP contribution in [0.25, 0.3) is 0 Å². The maximum atomic E-state index is 16.2. The Bertz CT molecular complexity index is 2370. The molecule has 15 nitrogen and oxygen atoms in total. The second kappa shape index (κ2) is 19.7. The Balaban J connectivity index is 1.45. The number of benzene rings is 1. The van der Waals surface area contributed by atoms with Crippen LogP contribution in [0.2, 0.25) is 16.6 Å². The molecule has 0 spiro atoms. The Morgan fingerprint density at radius 1 is 0.972 bits per heavy atom. The van der Waals surface area contributed by atoms with Crippen molar-refractivity contribution in [1.82, 2.24) is 10.3 Å². The van der Waals surface area contributed by atoms with Crippen molar-refractivity contribution in [3.63, 3.8) is 0 Å². The highest BCUT2D eigenvalue weighted by molar-refractivity contribution is 6.77. The smallest absolute Gasteiger partial charge is 0.408 e. The Morgan fingerprint density at radius 3 is 2.17 bits per heavy atom. The number of ether oxygens (including phenoxy) is 7. The molecule has 1 aromatic carbocycles. The zero-order valence-corrected chi connectivity index (χ0v) is 44.8. The number of fused-ring (bicyclic) bond motifs is 8. The van der Waals surface area contributed by atoms with Crippen molar-refractivity contribution in [2.45, 2.75) is 199 Å². The van der Waals surface area contributed by atoms with Gasteiger partial charge in [0, 0.05) is 30.4 Å². The fraction of sp³-hybridized carbons (Fsp3) is 0.648. The van der Waals surface area contributed by atoms with Crippen LogP contribution < -0.4 is 5.32 Å². The number of hydrogen-bond donors (Lipinski definition) is 2. The molecule has 0 unspecified atom stereocenters. The van der Waals surface area contributed by atoms with Crippen LogP contribution in [-0.4, -0.2) is 109 Å². The summed E-state index contributed by atoms with van der Waals surface area (Å²) in [7, 11) is -3.13. The van der Waals surface area contributed by atoms with Gasteiger partial charge in [0.25, 0.3) is 0 Å². The number of rotatable bonds is 14. The monoisotopic (exact) mass is 1010 g/mol. The average Bonchev–Trinajstić information content (AvgIpc) is 3.70. The quantitative estimate of drug-likeness (QED) is 0.0789. The number of alkyl carbamates (subject to hydrolysis) is 1. The third kappa shape index (κ3) is 9.41. The number of pyridine rings is 1. The normalized spacial score (nSPS) is 32.0. The fourth-order valence-corrected chi connectivity index (χ4v) is 18.7. The summed E-state index contributed by atoms with van der Waals surface area (Å²) < 4.78 is 68.9. The summed E-state index contributed by atoms with van der Waals surface area (Å²) in [5.74, 6) is -4.11. The molecule has 2 aromatic rings. The van der Waals surface area contributed by atoms with Gasteiger partial charge in [-0.2, -0.15) is 0 Å². The van der Waals surface area contributed by atoms with Crippen LogP contribution in [0.5, 0.6) is 0 Å². The summed E-state index contributed by atoms with van der Waals surface area (Å²) in [6.45, 7) is 29.9. The minimum atomic E-state index is -3.13. The van der Waals surface area contributed by atoms with Crippen LogP contribution in [-0.2, 0) is 47.2 Å². The van der Waals surface area contributed by atoms with Crippen LogP contribution in [0.3, 0.4) is 0 Å². The first-order valence-corrected chi connectivity index (χ1v) is 27.2. The lowest BCUT2D eigenvalue weighted by Crippen LogP contribution is -2.79. The van der Waals surface area contributed by atoms with Crippen LogP contribution in [0, 0.1) is 22.6 Å². The molecule has 1 aromatic heterocycles. The van der Waals surface area contributed by atoms with Gasteiger partial charge in [0.05, 0.1) is 24.2 Å². The summed E-state index contributed by atoms with van der Waals surface area (Å²) in [4.78, 5) is 61.9. The Hall–Kier alpha value is -4.52. The molecule has 2 bridgehead atoms. The number of nitrogens with zero attached hydrogens (tertiary/aromatic N) is 1. The summed E-state index contributed by atoms with van der Waals surface area (Å²) in [6, 6.07) is 9.40. The van der Waals surface area contributed by atoms with E-state index in [1.807, 2.05) is 62.3 Å². The number of esters is 3. The number of aromatic nitrogens is 1. The standard InChI is InChI=1S/C54H75FN2O13Si/c1-16-38-65-42-39-32(8)36(64-48(60)43(70-71(29(2)3,30(4)5)31(6)7)41(40-35(55)23-20-26-56-40)57-49(61)69-50(10,11)12)27-54(62,51(39,13)14)46(67-47(59)34-21-18-17-19-22-34)44-52(15,45(42)66-38)25-24-37-53(44,28-63-37)68-33(9)58/h16-23,26,29-31,36-38,41-46,62H,1,24-25,27-28H2,2-15H3,(H,57,61)/t36-,37+,38+,41-,42+,43+,44-,45+,46-,52+,53-,54+/m0/s1. The molecule has 1 amide bonds. The summed E-state index contributed by atoms with van der Waals surface area (Å²) in [5.41, 5.74) is -6.16. The van der Waals surface area contributed by atoms with Gasteiger partial charge in [-0.1, -0.05) is 87.1 Å². The highest BCUT2D eigenvalue weighted by Gasteiger charge is 2.77. The molecule has 2 saturated carbocycles. The number of aliphatic hydroxyl groups is 1. The number of carbonyl (C=O) groups is 4. The van der Waals surface area contributed by atoms with E-state index < -0.39 is 121 Å². The molecule has 2 N–H and O–H groups in total. The second-order valence-electron chi connectivity index (χ2n) is 22.9. The maximum Gasteiger partial charge on any atom is 0.408 e. The third-order valence-electron chi connectivity index (χ3n) is 16.3. The summed E-state index contributed by atoms with van der Waals surface area (Å²) in [6.07, 6.45) is -5.25.